The summed E-state index contributed by atoms with van der Waals surface area (Å²) in [7, 11) is 0. The number of rotatable bonds is 8. The molecular formula is C19H26N2O3. The van der Waals surface area contributed by atoms with E-state index in [-0.39, 0.29) is 23.1 Å². The van der Waals surface area contributed by atoms with Crippen LogP contribution < -0.4 is 10.7 Å². The molecule has 2 rings (SSSR count). The van der Waals surface area contributed by atoms with Crippen LogP contribution >= 0.6 is 0 Å². The van der Waals surface area contributed by atoms with Crippen molar-refractivity contribution in [2.24, 2.45) is 0 Å². The van der Waals surface area contributed by atoms with Crippen LogP contribution in [0.4, 0.5) is 0 Å². The summed E-state index contributed by atoms with van der Waals surface area (Å²) in [6, 6.07) is 8.24. The summed E-state index contributed by atoms with van der Waals surface area (Å²) in [6.45, 7) is 9.38. The molecule has 1 aromatic carbocycles. The quantitative estimate of drug-likeness (QED) is 0.808. The van der Waals surface area contributed by atoms with Gasteiger partial charge in [0.25, 0.3) is 5.91 Å². The fourth-order valence-electron chi connectivity index (χ4n) is 2.74. The van der Waals surface area contributed by atoms with Crippen LogP contribution in [0.25, 0.3) is 11.0 Å². The van der Waals surface area contributed by atoms with Crippen LogP contribution in [0, 0.1) is 0 Å². The third kappa shape index (κ3) is 4.68. The number of nitrogens with one attached hydrogen (secondary N) is 1. The molecule has 24 heavy (non-hydrogen) atoms. The number of para-hydroxylation sites is 1. The van der Waals surface area contributed by atoms with Crippen molar-refractivity contribution in [1.82, 2.24) is 10.2 Å². The maximum atomic E-state index is 12.3. The Labute approximate surface area is 142 Å². The molecule has 5 heteroatoms. The molecule has 0 unspecified atom stereocenters. The number of hydrogen-bond acceptors (Lipinski definition) is 4. The Hall–Kier alpha value is -2.14. The lowest BCUT2D eigenvalue weighted by Gasteiger charge is -2.19. The van der Waals surface area contributed by atoms with Gasteiger partial charge in [-0.25, -0.2) is 0 Å². The van der Waals surface area contributed by atoms with Crippen LogP contribution in [-0.4, -0.2) is 36.5 Å². The lowest BCUT2D eigenvalue weighted by atomic mass is 10.1. The second-order valence-electron chi connectivity index (χ2n) is 6.01. The second-order valence-corrected chi connectivity index (χ2v) is 6.01. The van der Waals surface area contributed by atoms with Gasteiger partial charge in [-0.2, -0.15) is 0 Å². The third-order valence-electron chi connectivity index (χ3n) is 4.24. The largest absolute Gasteiger partial charge is 0.451 e. The van der Waals surface area contributed by atoms with Gasteiger partial charge in [0, 0.05) is 12.1 Å². The van der Waals surface area contributed by atoms with Crippen molar-refractivity contribution in [3.8, 4) is 0 Å². The normalized spacial score (nSPS) is 12.5. The lowest BCUT2D eigenvalue weighted by molar-refractivity contribution is 0.0910. The van der Waals surface area contributed by atoms with Gasteiger partial charge in [0.15, 0.2) is 11.2 Å². The molecule has 0 saturated heterocycles. The van der Waals surface area contributed by atoms with E-state index in [1.165, 1.54) is 6.07 Å². The van der Waals surface area contributed by atoms with Crippen molar-refractivity contribution in [2.45, 2.75) is 39.7 Å². The van der Waals surface area contributed by atoms with Crippen LogP contribution in [0.15, 0.2) is 39.5 Å². The molecule has 1 heterocycles. The second kappa shape index (κ2) is 8.64. The Balaban J connectivity index is 1.96. The van der Waals surface area contributed by atoms with E-state index in [2.05, 4.69) is 24.1 Å². The van der Waals surface area contributed by atoms with E-state index in [0.717, 1.165) is 32.5 Å². The molecule has 130 valence electrons. The minimum Gasteiger partial charge on any atom is -0.451 e. The van der Waals surface area contributed by atoms with E-state index in [9.17, 15) is 9.59 Å². The maximum absolute atomic E-state index is 12.3. The molecule has 0 spiro atoms. The van der Waals surface area contributed by atoms with E-state index in [0.29, 0.717) is 11.0 Å². The van der Waals surface area contributed by atoms with Gasteiger partial charge < -0.3 is 14.6 Å². The maximum Gasteiger partial charge on any atom is 0.287 e. The summed E-state index contributed by atoms with van der Waals surface area (Å²) in [5.74, 6) is -0.275. The minimum absolute atomic E-state index is 0.0323. The molecule has 1 amide bonds. The summed E-state index contributed by atoms with van der Waals surface area (Å²) in [5.41, 5.74) is 0.237. The van der Waals surface area contributed by atoms with E-state index >= 15 is 0 Å². The summed E-state index contributed by atoms with van der Waals surface area (Å²) >= 11 is 0. The monoisotopic (exact) mass is 330 g/mol. The van der Waals surface area contributed by atoms with Gasteiger partial charge in [-0.1, -0.05) is 26.0 Å². The van der Waals surface area contributed by atoms with Crippen LogP contribution in [-0.2, 0) is 0 Å². The molecule has 0 aliphatic heterocycles. The summed E-state index contributed by atoms with van der Waals surface area (Å²) in [6.07, 6.45) is 1.91. The number of nitrogens with zero attached hydrogens (tertiary/aromatic N) is 1. The smallest absolute Gasteiger partial charge is 0.287 e. The SMILES string of the molecule is CCN(CC)CCC[C@H](C)NC(=O)c1cc(=O)c2ccccc2o1. The summed E-state index contributed by atoms with van der Waals surface area (Å²) in [5, 5.41) is 3.40. The first-order valence-corrected chi connectivity index (χ1v) is 8.61. The third-order valence-corrected chi connectivity index (χ3v) is 4.24. The molecule has 0 saturated carbocycles. The van der Waals surface area contributed by atoms with Crippen molar-refractivity contribution < 1.29 is 9.21 Å². The average Bonchev–Trinajstić information content (AvgIpc) is 2.58. The molecule has 0 fully saturated rings. The van der Waals surface area contributed by atoms with Crippen molar-refractivity contribution >= 4 is 16.9 Å². The van der Waals surface area contributed by atoms with Gasteiger partial charge in [-0.05, 0) is 51.5 Å². The highest BCUT2D eigenvalue weighted by molar-refractivity contribution is 5.93. The minimum atomic E-state index is -0.340. The topological polar surface area (TPSA) is 62.6 Å². The number of carbonyl (C=O) groups excluding carboxylic acids is 1. The number of hydrogen-bond donors (Lipinski definition) is 1. The van der Waals surface area contributed by atoms with Crippen LogP contribution in [0.1, 0.15) is 44.2 Å². The van der Waals surface area contributed by atoms with Gasteiger partial charge in [0.1, 0.15) is 5.58 Å². The number of carbonyl (C=O) groups is 1. The highest BCUT2D eigenvalue weighted by atomic mass is 16.3. The highest BCUT2D eigenvalue weighted by Crippen LogP contribution is 2.12. The number of benzene rings is 1. The summed E-state index contributed by atoms with van der Waals surface area (Å²) in [4.78, 5) is 26.7. The van der Waals surface area contributed by atoms with Crippen LogP contribution in [0.2, 0.25) is 0 Å². The van der Waals surface area contributed by atoms with Crippen LogP contribution in [0.5, 0.6) is 0 Å². The number of fused-ring (bicyclic) bond motifs is 1. The van der Waals surface area contributed by atoms with Crippen LogP contribution in [0.3, 0.4) is 0 Å². The van der Waals surface area contributed by atoms with E-state index in [1.54, 1.807) is 24.3 Å². The highest BCUT2D eigenvalue weighted by Gasteiger charge is 2.14. The molecule has 1 aromatic heterocycles. The summed E-state index contributed by atoms with van der Waals surface area (Å²) < 4.78 is 5.56. The Morgan fingerprint density at radius 3 is 2.67 bits per heavy atom. The molecule has 0 aliphatic carbocycles. The fraction of sp³-hybridized carbons (Fsp3) is 0.474. The molecular weight excluding hydrogens is 304 g/mol. The number of amides is 1. The standard InChI is InChI=1S/C19H26N2O3/c1-4-21(5-2)12-8-9-14(3)20-19(23)18-13-16(22)15-10-6-7-11-17(15)24-18/h6-7,10-11,13-14H,4-5,8-9,12H2,1-3H3,(H,20,23)/t14-/m0/s1. The van der Waals surface area contributed by atoms with E-state index < -0.39 is 0 Å². The Bertz CT molecular complexity index is 735. The van der Waals surface area contributed by atoms with Gasteiger partial charge in [-0.3, -0.25) is 9.59 Å². The average molecular weight is 330 g/mol. The van der Waals surface area contributed by atoms with E-state index in [4.69, 9.17) is 4.42 Å². The predicted molar refractivity (Wildman–Crippen MR) is 96.4 cm³/mol. The zero-order valence-corrected chi connectivity index (χ0v) is 14.7. The molecule has 1 N–H and O–H groups in total. The fourth-order valence-corrected chi connectivity index (χ4v) is 2.74. The van der Waals surface area contributed by atoms with Crippen molar-refractivity contribution in [3.05, 3.63) is 46.3 Å². The first-order valence-electron chi connectivity index (χ1n) is 8.61. The molecule has 5 nitrogen and oxygen atoms in total. The van der Waals surface area contributed by atoms with Crippen molar-refractivity contribution in [1.29, 1.82) is 0 Å². The Kier molecular flexibility index (Phi) is 6.55. The van der Waals surface area contributed by atoms with Gasteiger partial charge in [0.2, 0.25) is 0 Å². The van der Waals surface area contributed by atoms with Crippen molar-refractivity contribution in [2.75, 3.05) is 19.6 Å². The Morgan fingerprint density at radius 1 is 1.25 bits per heavy atom. The first-order chi connectivity index (χ1) is 11.5. The van der Waals surface area contributed by atoms with Gasteiger partial charge in [-0.15, -0.1) is 0 Å². The molecule has 0 aliphatic rings. The lowest BCUT2D eigenvalue weighted by Crippen LogP contribution is -2.34. The molecule has 0 radical (unpaired) electrons. The molecule has 1 atom stereocenters. The van der Waals surface area contributed by atoms with Gasteiger partial charge >= 0.3 is 0 Å². The van der Waals surface area contributed by atoms with Gasteiger partial charge in [0.05, 0.1) is 5.39 Å². The zero-order valence-electron chi connectivity index (χ0n) is 14.7. The molecule has 0 bridgehead atoms. The zero-order chi connectivity index (χ0) is 17.5. The predicted octanol–water partition coefficient (Wildman–Crippen LogP) is 3.03. The molecule has 2 aromatic rings. The van der Waals surface area contributed by atoms with E-state index in [1.807, 2.05) is 6.92 Å². The Morgan fingerprint density at radius 2 is 1.96 bits per heavy atom. The van der Waals surface area contributed by atoms with Crippen molar-refractivity contribution in [3.63, 3.8) is 0 Å². The first kappa shape index (κ1) is 18.2.